The van der Waals surface area contributed by atoms with Crippen molar-refractivity contribution in [3.05, 3.63) is 23.8 Å². The first-order valence-electron chi connectivity index (χ1n) is 9.32. The van der Waals surface area contributed by atoms with Gasteiger partial charge in [0.2, 0.25) is 0 Å². The van der Waals surface area contributed by atoms with Crippen molar-refractivity contribution < 1.29 is 14.6 Å². The van der Waals surface area contributed by atoms with Gasteiger partial charge in [-0.25, -0.2) is 0 Å². The molecular weight excluding hydrogens is 414 g/mol. The van der Waals surface area contributed by atoms with Crippen LogP contribution in [-0.2, 0) is 9.53 Å². The van der Waals surface area contributed by atoms with Gasteiger partial charge in [-0.2, -0.15) is 0 Å². The van der Waals surface area contributed by atoms with Crippen molar-refractivity contribution in [1.29, 1.82) is 0 Å². The molecular formula is C19H29N3O3S3. The lowest BCUT2D eigenvalue weighted by molar-refractivity contribution is -0.140. The summed E-state index contributed by atoms with van der Waals surface area (Å²) in [6, 6.07) is 0. The van der Waals surface area contributed by atoms with Crippen LogP contribution >= 0.6 is 36.7 Å². The van der Waals surface area contributed by atoms with Crippen LogP contribution in [0.2, 0.25) is 0 Å². The zero-order valence-electron chi connectivity index (χ0n) is 16.3. The van der Waals surface area contributed by atoms with Gasteiger partial charge in [-0.3, -0.25) is 4.79 Å². The molecule has 1 aliphatic rings. The zero-order valence-corrected chi connectivity index (χ0v) is 18.8. The molecule has 1 rings (SSSR count). The lowest BCUT2D eigenvalue weighted by Crippen LogP contribution is -2.32. The number of ether oxygens (including phenoxy) is 1. The van der Waals surface area contributed by atoms with Gasteiger partial charge in [-0.1, -0.05) is 61.8 Å². The van der Waals surface area contributed by atoms with Crippen LogP contribution < -0.4 is 16.0 Å². The Morgan fingerprint density at radius 1 is 1.11 bits per heavy atom. The van der Waals surface area contributed by atoms with Gasteiger partial charge in [-0.15, -0.1) is 0 Å². The molecule has 0 saturated heterocycles. The second kappa shape index (κ2) is 13.7. The average molecular weight is 444 g/mol. The predicted octanol–water partition coefficient (Wildman–Crippen LogP) is 1.96. The van der Waals surface area contributed by atoms with E-state index in [0.717, 1.165) is 22.0 Å². The summed E-state index contributed by atoms with van der Waals surface area (Å²) in [6.45, 7) is 5.74. The highest BCUT2D eigenvalue weighted by atomic mass is 32.1. The third-order valence-corrected chi connectivity index (χ3v) is 5.05. The van der Waals surface area contributed by atoms with Crippen LogP contribution in [0.4, 0.5) is 0 Å². The fourth-order valence-corrected chi connectivity index (χ4v) is 3.01. The molecule has 6 nitrogen and oxygen atoms in total. The maximum absolute atomic E-state index is 10.6. The molecule has 28 heavy (non-hydrogen) atoms. The van der Waals surface area contributed by atoms with Crippen LogP contribution in [0.3, 0.4) is 0 Å². The molecule has 0 fully saturated rings. The van der Waals surface area contributed by atoms with Crippen molar-refractivity contribution in [3.8, 4) is 0 Å². The number of thiocarbonyl (C=S) groups is 3. The standard InChI is InChI=1S/C19H29N3O3S3/c1-13-12-15(4-5-16(13)24)19(28)22-10-7-18(27)21-9-6-17(26)20-8-3-11-25-14(2)23/h4-5,12-13,16,24H,3,6-11H2,1-2H3,(H,20,26)(H,21,27)(H,22,28). The molecule has 1 aliphatic carbocycles. The molecule has 0 aromatic heterocycles. The first-order chi connectivity index (χ1) is 13.3. The number of hydrogen-bond donors (Lipinski definition) is 4. The molecule has 0 amide bonds. The summed E-state index contributed by atoms with van der Waals surface area (Å²) < 4.78 is 4.85. The van der Waals surface area contributed by atoms with Crippen LogP contribution in [0.1, 0.15) is 33.1 Å². The largest absolute Gasteiger partial charge is 0.466 e. The van der Waals surface area contributed by atoms with Crippen molar-refractivity contribution >= 4 is 57.6 Å². The Balaban J connectivity index is 2.08. The van der Waals surface area contributed by atoms with E-state index in [2.05, 4.69) is 16.0 Å². The van der Waals surface area contributed by atoms with Gasteiger partial charge in [-0.05, 0) is 6.42 Å². The Kier molecular flexibility index (Phi) is 12.1. The number of aliphatic hydroxyl groups excluding tert-OH is 1. The quantitative estimate of drug-likeness (QED) is 0.218. The lowest BCUT2D eigenvalue weighted by Gasteiger charge is -2.19. The minimum absolute atomic E-state index is 0.0570. The Morgan fingerprint density at radius 3 is 2.32 bits per heavy atom. The molecule has 9 heteroatoms. The highest BCUT2D eigenvalue weighted by Gasteiger charge is 2.15. The van der Waals surface area contributed by atoms with Crippen LogP contribution in [-0.4, -0.2) is 58.4 Å². The van der Waals surface area contributed by atoms with Crippen LogP contribution in [0.15, 0.2) is 23.8 Å². The third kappa shape index (κ3) is 10.8. The molecule has 2 atom stereocenters. The minimum atomic E-state index is -0.447. The maximum atomic E-state index is 10.6. The fraction of sp³-hybridized carbons (Fsp3) is 0.579. The van der Waals surface area contributed by atoms with Crippen LogP contribution in [0.25, 0.3) is 0 Å². The van der Waals surface area contributed by atoms with Gasteiger partial charge in [0.15, 0.2) is 0 Å². The van der Waals surface area contributed by atoms with E-state index < -0.39 is 6.10 Å². The summed E-state index contributed by atoms with van der Waals surface area (Å²) in [5.41, 5.74) is 0.928. The van der Waals surface area contributed by atoms with E-state index in [4.69, 9.17) is 41.4 Å². The van der Waals surface area contributed by atoms with Crippen molar-refractivity contribution in [3.63, 3.8) is 0 Å². The van der Waals surface area contributed by atoms with E-state index in [9.17, 15) is 9.90 Å². The smallest absolute Gasteiger partial charge is 0.302 e. The number of aliphatic hydroxyl groups is 1. The second-order valence-electron chi connectivity index (χ2n) is 6.48. The van der Waals surface area contributed by atoms with E-state index in [1.165, 1.54) is 6.92 Å². The molecule has 0 aromatic rings. The molecule has 0 spiro atoms. The summed E-state index contributed by atoms with van der Waals surface area (Å²) >= 11 is 16.0. The summed E-state index contributed by atoms with van der Waals surface area (Å²) in [6.07, 6.45) is 7.21. The third-order valence-electron chi connectivity index (χ3n) is 3.98. The van der Waals surface area contributed by atoms with Gasteiger partial charge in [0.25, 0.3) is 0 Å². The number of hydrogen-bond acceptors (Lipinski definition) is 6. The minimum Gasteiger partial charge on any atom is -0.466 e. The fourth-order valence-electron chi connectivity index (χ4n) is 2.37. The molecule has 0 saturated carbocycles. The van der Waals surface area contributed by atoms with Gasteiger partial charge in [0.05, 0.1) is 22.7 Å². The number of rotatable bonds is 11. The first-order valence-corrected chi connectivity index (χ1v) is 10.5. The predicted molar refractivity (Wildman–Crippen MR) is 125 cm³/mol. The van der Waals surface area contributed by atoms with Crippen molar-refractivity contribution in [2.45, 2.75) is 39.2 Å². The van der Waals surface area contributed by atoms with E-state index in [0.29, 0.717) is 44.1 Å². The molecule has 156 valence electrons. The lowest BCUT2D eigenvalue weighted by atomic mass is 9.95. The van der Waals surface area contributed by atoms with E-state index in [1.807, 2.05) is 19.1 Å². The van der Waals surface area contributed by atoms with Crippen molar-refractivity contribution in [2.24, 2.45) is 5.92 Å². The molecule has 4 N–H and O–H groups in total. The number of nitrogens with one attached hydrogen (secondary N) is 3. The summed E-state index contributed by atoms with van der Waals surface area (Å²) in [4.78, 5) is 12.8. The van der Waals surface area contributed by atoms with Crippen LogP contribution in [0, 0.1) is 5.92 Å². The Morgan fingerprint density at radius 2 is 1.71 bits per heavy atom. The Hall–Kier alpha value is -1.42. The molecule has 0 radical (unpaired) electrons. The SMILES string of the molecule is CC(=O)OCCCNC(=S)CCNC(=S)CCNC(=S)C1=CC(C)C(O)C=C1. The molecule has 0 bridgehead atoms. The van der Waals surface area contributed by atoms with Gasteiger partial charge >= 0.3 is 5.97 Å². The van der Waals surface area contributed by atoms with Gasteiger partial charge < -0.3 is 25.8 Å². The molecule has 0 aliphatic heterocycles. The molecule has 2 unspecified atom stereocenters. The maximum Gasteiger partial charge on any atom is 0.302 e. The average Bonchev–Trinajstić information content (AvgIpc) is 2.63. The molecule has 0 aromatic carbocycles. The summed E-state index contributed by atoms with van der Waals surface area (Å²) in [5, 5.41) is 19.2. The first kappa shape index (κ1) is 24.6. The van der Waals surface area contributed by atoms with E-state index in [1.54, 1.807) is 6.08 Å². The monoisotopic (exact) mass is 443 g/mol. The normalized spacial score (nSPS) is 18.0. The van der Waals surface area contributed by atoms with E-state index in [-0.39, 0.29) is 11.9 Å². The topological polar surface area (TPSA) is 82.6 Å². The van der Waals surface area contributed by atoms with Crippen LogP contribution in [0.5, 0.6) is 0 Å². The van der Waals surface area contributed by atoms with Crippen molar-refractivity contribution in [2.75, 3.05) is 26.2 Å². The summed E-state index contributed by atoms with van der Waals surface area (Å²) in [5.74, 6) is -0.211. The second-order valence-corrected chi connectivity index (χ2v) is 7.87. The zero-order chi connectivity index (χ0) is 20.9. The highest BCUT2D eigenvalue weighted by Crippen LogP contribution is 2.17. The number of esters is 1. The Bertz CT molecular complexity index is 635. The van der Waals surface area contributed by atoms with Gasteiger partial charge in [0, 0.05) is 50.9 Å². The van der Waals surface area contributed by atoms with Gasteiger partial charge in [0.1, 0.15) is 4.99 Å². The van der Waals surface area contributed by atoms with Crippen molar-refractivity contribution in [1.82, 2.24) is 16.0 Å². The van der Waals surface area contributed by atoms with E-state index >= 15 is 0 Å². The number of carbonyl (C=O) groups excluding carboxylic acids is 1. The summed E-state index contributed by atoms with van der Waals surface area (Å²) in [7, 11) is 0. The Labute approximate surface area is 183 Å². The number of carbonyl (C=O) groups is 1. The molecule has 0 heterocycles. The highest BCUT2D eigenvalue weighted by molar-refractivity contribution is 7.81.